The van der Waals surface area contributed by atoms with Crippen LogP contribution < -0.4 is 5.32 Å². The maximum Gasteiger partial charge on any atom is 0.335 e. The smallest absolute Gasteiger partial charge is 0.335 e. The summed E-state index contributed by atoms with van der Waals surface area (Å²) in [6.07, 6.45) is 1.75. The number of hydrogen-bond donors (Lipinski definition) is 2. The maximum atomic E-state index is 12.7. The zero-order valence-corrected chi connectivity index (χ0v) is 16.5. The summed E-state index contributed by atoms with van der Waals surface area (Å²) in [5.74, 6) is -1.86. The van der Waals surface area contributed by atoms with Gasteiger partial charge in [-0.25, -0.2) is 4.79 Å². The van der Waals surface area contributed by atoms with E-state index in [1.54, 1.807) is 19.1 Å². The van der Waals surface area contributed by atoms with Crippen molar-refractivity contribution in [1.29, 1.82) is 0 Å². The maximum absolute atomic E-state index is 12.7. The molecule has 1 aliphatic heterocycles. The Labute approximate surface area is 168 Å². The largest absolute Gasteiger partial charge is 0.478 e. The minimum Gasteiger partial charge on any atom is -0.478 e. The fourth-order valence-electron chi connectivity index (χ4n) is 2.41. The van der Waals surface area contributed by atoms with E-state index in [0.717, 1.165) is 16.6 Å². The van der Waals surface area contributed by atoms with Gasteiger partial charge in [0.05, 0.1) is 10.5 Å². The molecule has 3 rings (SSSR count). The number of benzene rings is 1. The number of carboxylic acids is 1. The van der Waals surface area contributed by atoms with Crippen molar-refractivity contribution in [2.75, 3.05) is 5.32 Å². The SMILES string of the molecule is CC(C(=O)Nc1cccc(C(=O)O)c1)N1C(=O)C(=Cc2cccs2)SC1=S. The van der Waals surface area contributed by atoms with Gasteiger partial charge in [0.25, 0.3) is 5.91 Å². The molecule has 0 bridgehead atoms. The third-order valence-corrected chi connectivity index (χ3v) is 5.93. The Kier molecular flexibility index (Phi) is 5.73. The number of carbonyl (C=O) groups excluding carboxylic acids is 2. The van der Waals surface area contributed by atoms with E-state index in [1.807, 2.05) is 17.5 Å². The molecule has 1 saturated heterocycles. The standard InChI is InChI=1S/C18H14N2O4S3/c1-10(15(21)19-12-5-2-4-11(8-12)17(23)24)20-16(22)14(27-18(20)25)9-13-6-3-7-26-13/h2-10H,1H3,(H,19,21)(H,23,24). The average molecular weight is 419 g/mol. The lowest BCUT2D eigenvalue weighted by Crippen LogP contribution is -2.44. The zero-order chi connectivity index (χ0) is 19.6. The molecule has 6 nitrogen and oxygen atoms in total. The molecule has 138 valence electrons. The Hall–Kier alpha value is -2.49. The molecule has 1 unspecified atom stereocenters. The molecule has 27 heavy (non-hydrogen) atoms. The number of thiophene rings is 1. The second-order valence-corrected chi connectivity index (χ2v) is 8.27. The fraction of sp³-hybridized carbons (Fsp3) is 0.111. The highest BCUT2D eigenvalue weighted by Gasteiger charge is 2.38. The normalized spacial score (nSPS) is 16.6. The lowest BCUT2D eigenvalue weighted by atomic mass is 10.2. The molecule has 2 heterocycles. The Bertz CT molecular complexity index is 953. The number of hydrogen-bond acceptors (Lipinski definition) is 6. The first-order valence-corrected chi connectivity index (χ1v) is 9.92. The number of thioether (sulfide) groups is 1. The zero-order valence-electron chi connectivity index (χ0n) is 14.0. The van der Waals surface area contributed by atoms with Crippen molar-refractivity contribution in [2.24, 2.45) is 0 Å². The second-order valence-electron chi connectivity index (χ2n) is 5.62. The molecule has 1 aromatic heterocycles. The van der Waals surface area contributed by atoms with Gasteiger partial charge < -0.3 is 10.4 Å². The molecule has 0 saturated carbocycles. The summed E-state index contributed by atoms with van der Waals surface area (Å²) in [5.41, 5.74) is 0.399. The lowest BCUT2D eigenvalue weighted by Gasteiger charge is -2.22. The summed E-state index contributed by atoms with van der Waals surface area (Å²) >= 11 is 7.94. The number of nitrogens with one attached hydrogen (secondary N) is 1. The Morgan fingerprint density at radius 1 is 1.30 bits per heavy atom. The number of carbonyl (C=O) groups is 3. The quantitative estimate of drug-likeness (QED) is 0.569. The van der Waals surface area contributed by atoms with Gasteiger partial charge in [0.1, 0.15) is 10.4 Å². The monoisotopic (exact) mass is 418 g/mol. The van der Waals surface area contributed by atoms with E-state index in [2.05, 4.69) is 5.32 Å². The predicted molar refractivity (Wildman–Crippen MR) is 111 cm³/mol. The first-order chi connectivity index (χ1) is 12.9. The van der Waals surface area contributed by atoms with Gasteiger partial charge in [0.15, 0.2) is 0 Å². The van der Waals surface area contributed by atoms with Gasteiger partial charge in [0.2, 0.25) is 5.91 Å². The minimum absolute atomic E-state index is 0.0601. The molecule has 1 aromatic carbocycles. The van der Waals surface area contributed by atoms with E-state index in [9.17, 15) is 14.4 Å². The highest BCUT2D eigenvalue weighted by Crippen LogP contribution is 2.34. The van der Waals surface area contributed by atoms with Crippen molar-refractivity contribution in [3.05, 3.63) is 57.1 Å². The summed E-state index contributed by atoms with van der Waals surface area (Å²) in [7, 11) is 0. The summed E-state index contributed by atoms with van der Waals surface area (Å²) in [4.78, 5) is 39.0. The van der Waals surface area contributed by atoms with E-state index in [0.29, 0.717) is 14.9 Å². The third kappa shape index (κ3) is 4.26. The minimum atomic E-state index is -1.09. The molecule has 9 heteroatoms. The number of nitrogens with zero attached hydrogens (tertiary/aromatic N) is 1. The van der Waals surface area contributed by atoms with Crippen molar-refractivity contribution in [3.63, 3.8) is 0 Å². The molecule has 2 amide bonds. The van der Waals surface area contributed by atoms with Gasteiger partial charge in [-0.05, 0) is 42.6 Å². The van der Waals surface area contributed by atoms with Gasteiger partial charge in [-0.1, -0.05) is 36.1 Å². The summed E-state index contributed by atoms with van der Waals surface area (Å²) in [5, 5.41) is 13.6. The van der Waals surface area contributed by atoms with Gasteiger partial charge in [0, 0.05) is 10.6 Å². The van der Waals surface area contributed by atoms with Gasteiger partial charge in [-0.15, -0.1) is 11.3 Å². The van der Waals surface area contributed by atoms with Crippen molar-refractivity contribution >= 4 is 69.2 Å². The van der Waals surface area contributed by atoms with Gasteiger partial charge >= 0.3 is 5.97 Å². The number of carboxylic acid groups (broad SMARTS) is 1. The molecule has 0 spiro atoms. The van der Waals surface area contributed by atoms with E-state index < -0.39 is 17.9 Å². The Balaban J connectivity index is 1.75. The van der Waals surface area contributed by atoms with Crippen LogP contribution in [0.5, 0.6) is 0 Å². The molecule has 0 aliphatic carbocycles. The number of amides is 2. The van der Waals surface area contributed by atoms with Crippen LogP contribution >= 0.6 is 35.3 Å². The Morgan fingerprint density at radius 2 is 2.07 bits per heavy atom. The molecule has 1 fully saturated rings. The van der Waals surface area contributed by atoms with Crippen molar-refractivity contribution in [3.8, 4) is 0 Å². The fourth-order valence-corrected chi connectivity index (χ4v) is 4.55. The number of anilines is 1. The van der Waals surface area contributed by atoms with Crippen LogP contribution in [0.25, 0.3) is 6.08 Å². The van der Waals surface area contributed by atoms with Gasteiger partial charge in [-0.3, -0.25) is 14.5 Å². The number of aromatic carboxylic acids is 1. The van der Waals surface area contributed by atoms with E-state index in [4.69, 9.17) is 17.3 Å². The van der Waals surface area contributed by atoms with Crippen molar-refractivity contribution in [1.82, 2.24) is 4.90 Å². The number of thiocarbonyl (C=S) groups is 1. The summed E-state index contributed by atoms with van der Waals surface area (Å²) in [6, 6.07) is 8.85. The molecule has 0 radical (unpaired) electrons. The number of rotatable bonds is 5. The summed E-state index contributed by atoms with van der Waals surface area (Å²) < 4.78 is 0.310. The van der Waals surface area contributed by atoms with Crippen LogP contribution in [0.15, 0.2) is 46.7 Å². The first kappa shape index (κ1) is 19.3. The molecule has 2 N–H and O–H groups in total. The molecular weight excluding hydrogens is 404 g/mol. The van der Waals surface area contributed by atoms with Crippen LogP contribution in [0, 0.1) is 0 Å². The van der Waals surface area contributed by atoms with E-state index in [1.165, 1.54) is 34.4 Å². The van der Waals surface area contributed by atoms with Crippen LogP contribution in [0.4, 0.5) is 5.69 Å². The molecule has 1 atom stereocenters. The third-order valence-electron chi connectivity index (χ3n) is 3.78. The van der Waals surface area contributed by atoms with E-state index in [-0.39, 0.29) is 11.5 Å². The van der Waals surface area contributed by atoms with Crippen LogP contribution in [0.3, 0.4) is 0 Å². The second kappa shape index (κ2) is 8.03. The van der Waals surface area contributed by atoms with Gasteiger partial charge in [-0.2, -0.15) is 0 Å². The lowest BCUT2D eigenvalue weighted by molar-refractivity contribution is -0.129. The van der Waals surface area contributed by atoms with E-state index >= 15 is 0 Å². The average Bonchev–Trinajstić information content (AvgIpc) is 3.23. The molecule has 1 aliphatic rings. The molecular formula is C18H14N2O4S3. The van der Waals surface area contributed by atoms with Crippen molar-refractivity contribution in [2.45, 2.75) is 13.0 Å². The topological polar surface area (TPSA) is 86.7 Å². The highest BCUT2D eigenvalue weighted by atomic mass is 32.2. The highest BCUT2D eigenvalue weighted by molar-refractivity contribution is 8.26. The van der Waals surface area contributed by atoms with Crippen molar-refractivity contribution < 1.29 is 19.5 Å². The Morgan fingerprint density at radius 3 is 2.74 bits per heavy atom. The van der Waals surface area contributed by atoms with Crippen LogP contribution in [-0.2, 0) is 9.59 Å². The van der Waals surface area contributed by atoms with Crippen LogP contribution in [0.2, 0.25) is 0 Å². The molecule has 2 aromatic rings. The predicted octanol–water partition coefficient (Wildman–Crippen LogP) is 3.67. The van der Waals surface area contributed by atoms with Crippen LogP contribution in [-0.4, -0.2) is 38.2 Å². The van der Waals surface area contributed by atoms with Crippen LogP contribution in [0.1, 0.15) is 22.2 Å². The first-order valence-electron chi connectivity index (χ1n) is 7.81. The summed E-state index contributed by atoms with van der Waals surface area (Å²) in [6.45, 7) is 1.58.